The summed E-state index contributed by atoms with van der Waals surface area (Å²) in [6.45, 7) is 0. The molecule has 0 aromatic heterocycles. The number of methoxy groups -OCH3 is 2. The highest BCUT2D eigenvalue weighted by Gasteiger charge is 2.13. The quantitative estimate of drug-likeness (QED) is 0.240. The molecule has 0 saturated heterocycles. The summed E-state index contributed by atoms with van der Waals surface area (Å²) in [4.78, 5) is 24.5. The molecule has 0 saturated carbocycles. The van der Waals surface area contributed by atoms with Crippen LogP contribution >= 0.6 is 0 Å². The maximum atomic E-state index is 13.7. The highest BCUT2D eigenvalue weighted by Crippen LogP contribution is 2.26. The van der Waals surface area contributed by atoms with E-state index in [0.717, 1.165) is 5.56 Å². The highest BCUT2D eigenvalue weighted by molar-refractivity contribution is 6.07. The molecule has 5 nitrogen and oxygen atoms in total. The lowest BCUT2D eigenvalue weighted by Gasteiger charge is -2.07. The van der Waals surface area contributed by atoms with Crippen molar-refractivity contribution in [3.63, 3.8) is 0 Å². The Morgan fingerprint density at radius 3 is 2.23 bits per heavy atom. The van der Waals surface area contributed by atoms with Crippen LogP contribution in [0.15, 0.2) is 72.8 Å². The number of halogens is 1. The second-order valence-corrected chi connectivity index (χ2v) is 6.20. The van der Waals surface area contributed by atoms with E-state index in [1.54, 1.807) is 37.5 Å². The van der Waals surface area contributed by atoms with Crippen LogP contribution in [0.2, 0.25) is 0 Å². The summed E-state index contributed by atoms with van der Waals surface area (Å²) in [6, 6.07) is 16.9. The third-order valence-electron chi connectivity index (χ3n) is 4.30. The molecule has 0 N–H and O–H groups in total. The molecule has 0 aliphatic rings. The fourth-order valence-corrected chi connectivity index (χ4v) is 2.69. The van der Waals surface area contributed by atoms with Gasteiger partial charge in [-0.1, -0.05) is 12.1 Å². The molecule has 0 atom stereocenters. The van der Waals surface area contributed by atoms with Gasteiger partial charge in [-0.25, -0.2) is 9.18 Å². The summed E-state index contributed by atoms with van der Waals surface area (Å²) in [5.41, 5.74) is 0.973. The van der Waals surface area contributed by atoms with Crippen molar-refractivity contribution >= 4 is 17.8 Å². The van der Waals surface area contributed by atoms with Crippen molar-refractivity contribution in [2.75, 3.05) is 14.2 Å². The molecule has 0 aliphatic heterocycles. The molecule has 0 unspecified atom stereocenters. The zero-order valence-electron chi connectivity index (χ0n) is 16.4. The van der Waals surface area contributed by atoms with Crippen molar-refractivity contribution < 1.29 is 28.2 Å². The van der Waals surface area contributed by atoms with E-state index in [0.29, 0.717) is 17.1 Å². The van der Waals surface area contributed by atoms with Crippen LogP contribution in [0, 0.1) is 5.82 Å². The first kappa shape index (κ1) is 20.8. The molecule has 0 bridgehead atoms. The molecular formula is C24H19FO5. The van der Waals surface area contributed by atoms with Crippen LogP contribution in [-0.2, 0) is 0 Å². The Balaban J connectivity index is 1.69. The SMILES string of the molecule is COc1ccc(C=CC(=O)c2ccc(OC(=O)c3ccccc3F)cc2)c(OC)c1. The van der Waals surface area contributed by atoms with Crippen molar-refractivity contribution in [2.24, 2.45) is 0 Å². The Morgan fingerprint density at radius 1 is 0.867 bits per heavy atom. The number of carbonyl (C=O) groups is 2. The van der Waals surface area contributed by atoms with Gasteiger partial charge < -0.3 is 14.2 Å². The number of rotatable bonds is 7. The molecule has 3 aromatic carbocycles. The van der Waals surface area contributed by atoms with E-state index in [4.69, 9.17) is 14.2 Å². The first-order valence-corrected chi connectivity index (χ1v) is 9.03. The summed E-state index contributed by atoms with van der Waals surface area (Å²) in [7, 11) is 3.10. The van der Waals surface area contributed by atoms with Crippen molar-refractivity contribution in [3.05, 3.63) is 95.3 Å². The van der Waals surface area contributed by atoms with Gasteiger partial charge in [0.2, 0.25) is 0 Å². The first-order chi connectivity index (χ1) is 14.5. The lowest BCUT2D eigenvalue weighted by atomic mass is 10.1. The zero-order chi connectivity index (χ0) is 21.5. The van der Waals surface area contributed by atoms with Crippen LogP contribution in [0.1, 0.15) is 26.3 Å². The topological polar surface area (TPSA) is 61.8 Å². The van der Waals surface area contributed by atoms with Gasteiger partial charge >= 0.3 is 5.97 Å². The summed E-state index contributed by atoms with van der Waals surface area (Å²) >= 11 is 0. The molecule has 0 heterocycles. The zero-order valence-corrected chi connectivity index (χ0v) is 16.4. The number of hydrogen-bond donors (Lipinski definition) is 0. The van der Waals surface area contributed by atoms with Gasteiger partial charge in [-0.3, -0.25) is 4.79 Å². The molecule has 0 amide bonds. The van der Waals surface area contributed by atoms with Gasteiger partial charge in [0.05, 0.1) is 19.8 Å². The molecule has 6 heteroatoms. The summed E-state index contributed by atoms with van der Waals surface area (Å²) in [5.74, 6) is -0.267. The number of hydrogen-bond acceptors (Lipinski definition) is 5. The van der Waals surface area contributed by atoms with Crippen LogP contribution in [0.3, 0.4) is 0 Å². The average Bonchev–Trinajstić information content (AvgIpc) is 2.78. The van der Waals surface area contributed by atoms with E-state index in [2.05, 4.69) is 0 Å². The maximum absolute atomic E-state index is 13.7. The second-order valence-electron chi connectivity index (χ2n) is 6.20. The monoisotopic (exact) mass is 406 g/mol. The van der Waals surface area contributed by atoms with E-state index in [9.17, 15) is 14.0 Å². The Hall–Kier alpha value is -3.93. The Kier molecular flexibility index (Phi) is 6.60. The van der Waals surface area contributed by atoms with Crippen LogP contribution in [0.4, 0.5) is 4.39 Å². The third kappa shape index (κ3) is 4.91. The van der Waals surface area contributed by atoms with Crippen molar-refractivity contribution in [1.82, 2.24) is 0 Å². The standard InChI is InChI=1S/C24H19FO5/c1-28-19-13-9-17(23(15-19)29-2)10-14-22(26)16-7-11-18(12-8-16)30-24(27)20-5-3-4-6-21(20)25/h3-15H,1-2H3. The van der Waals surface area contributed by atoms with Crippen LogP contribution in [-0.4, -0.2) is 26.0 Å². The van der Waals surface area contributed by atoms with Crippen molar-refractivity contribution in [2.45, 2.75) is 0 Å². The first-order valence-electron chi connectivity index (χ1n) is 9.03. The van der Waals surface area contributed by atoms with E-state index in [1.165, 1.54) is 55.7 Å². The average molecular weight is 406 g/mol. The lowest BCUT2D eigenvalue weighted by molar-refractivity contribution is 0.0730. The summed E-state index contributed by atoms with van der Waals surface area (Å²) < 4.78 is 29.3. The van der Waals surface area contributed by atoms with Crippen LogP contribution in [0.25, 0.3) is 6.08 Å². The fraction of sp³-hybridized carbons (Fsp3) is 0.0833. The predicted octanol–water partition coefficient (Wildman–Crippen LogP) is 4.96. The van der Waals surface area contributed by atoms with Gasteiger partial charge in [0, 0.05) is 17.2 Å². The molecule has 0 spiro atoms. The number of allylic oxidation sites excluding steroid dienone is 1. The van der Waals surface area contributed by atoms with Gasteiger partial charge in [-0.05, 0) is 60.7 Å². The van der Waals surface area contributed by atoms with Crippen molar-refractivity contribution in [1.29, 1.82) is 0 Å². The van der Waals surface area contributed by atoms with Crippen LogP contribution in [0.5, 0.6) is 17.2 Å². The largest absolute Gasteiger partial charge is 0.497 e. The Morgan fingerprint density at radius 2 is 1.57 bits per heavy atom. The number of carbonyl (C=O) groups excluding carboxylic acids is 2. The second kappa shape index (κ2) is 9.52. The minimum atomic E-state index is -0.807. The molecule has 3 aromatic rings. The van der Waals surface area contributed by atoms with Gasteiger partial charge in [0.1, 0.15) is 23.1 Å². The fourth-order valence-electron chi connectivity index (χ4n) is 2.69. The molecular weight excluding hydrogens is 387 g/mol. The van der Waals surface area contributed by atoms with Crippen molar-refractivity contribution in [3.8, 4) is 17.2 Å². The molecule has 3 rings (SSSR count). The van der Waals surface area contributed by atoms with Gasteiger partial charge in [0.15, 0.2) is 5.78 Å². The maximum Gasteiger partial charge on any atom is 0.346 e. The lowest BCUT2D eigenvalue weighted by Crippen LogP contribution is -2.10. The van der Waals surface area contributed by atoms with E-state index < -0.39 is 11.8 Å². The number of benzene rings is 3. The molecule has 0 fully saturated rings. The molecule has 0 aliphatic carbocycles. The van der Waals surface area contributed by atoms with E-state index >= 15 is 0 Å². The summed E-state index contributed by atoms with van der Waals surface area (Å²) in [5, 5.41) is 0. The third-order valence-corrected chi connectivity index (χ3v) is 4.30. The minimum Gasteiger partial charge on any atom is -0.497 e. The minimum absolute atomic E-state index is 0.158. The number of ether oxygens (including phenoxy) is 3. The molecule has 152 valence electrons. The van der Waals surface area contributed by atoms with E-state index in [-0.39, 0.29) is 17.1 Å². The Labute approximate surface area is 173 Å². The normalized spacial score (nSPS) is 10.6. The Bertz CT molecular complexity index is 1090. The highest BCUT2D eigenvalue weighted by atomic mass is 19.1. The van der Waals surface area contributed by atoms with Crippen LogP contribution < -0.4 is 14.2 Å². The van der Waals surface area contributed by atoms with Gasteiger partial charge in [0.25, 0.3) is 0 Å². The molecule has 0 radical (unpaired) electrons. The smallest absolute Gasteiger partial charge is 0.346 e. The number of ketones is 1. The molecule has 30 heavy (non-hydrogen) atoms. The van der Waals surface area contributed by atoms with Gasteiger partial charge in [-0.15, -0.1) is 0 Å². The summed E-state index contributed by atoms with van der Waals surface area (Å²) in [6.07, 6.45) is 3.07. The predicted molar refractivity (Wildman–Crippen MR) is 111 cm³/mol. The number of esters is 1. The van der Waals surface area contributed by atoms with E-state index in [1.807, 2.05) is 0 Å². The van der Waals surface area contributed by atoms with Gasteiger partial charge in [-0.2, -0.15) is 0 Å².